The summed E-state index contributed by atoms with van der Waals surface area (Å²) in [6, 6.07) is 10.1. The highest BCUT2D eigenvalue weighted by Gasteiger charge is 2.38. The van der Waals surface area contributed by atoms with Gasteiger partial charge in [0.1, 0.15) is 66.8 Å². The van der Waals surface area contributed by atoms with E-state index in [1.807, 2.05) is 48.5 Å². The van der Waals surface area contributed by atoms with Crippen molar-refractivity contribution in [1.29, 1.82) is 0 Å². The van der Waals surface area contributed by atoms with Crippen molar-refractivity contribution in [2.45, 2.75) is 187 Å². The monoisotopic (exact) mass is 1520 g/mol. The smallest absolute Gasteiger partial charge is 0.327 e. The maximum absolute atomic E-state index is 14.7. The molecule has 38 heteroatoms. The SMILES string of the molecule is O=C(O)CC[C@H](NC(=O)[C@H](CCC(=O)NC[C@H](O)[C@@H](O)[C@H](O)[C@H](O)CO)CC(=O)CCSCC1c2ccccc2-c2ccccc21)C(=O)C[C@@H](CCC(=O)NC[C@H](O)[C@@H](O)[C@H](O)[C@H](O)CO)C(=O)N[C@@H](CCC(=O)O)C(=O)C[C@@H](CCC(=O)NC[C@H](O)[C@@H](O)[C@H](O)[C@H](O)CO)C(=O)NC(CS)C(=O)O. The molecule has 584 valence electrons. The maximum atomic E-state index is 14.7. The summed E-state index contributed by atoms with van der Waals surface area (Å²) in [6.07, 6.45) is -34.3. The number of Topliss-reactive ketones (excluding diaryl/α,β-unsaturated/α-hetero) is 3. The number of ketones is 3. The highest BCUT2D eigenvalue weighted by atomic mass is 32.2. The molecule has 0 spiro atoms. The van der Waals surface area contributed by atoms with E-state index >= 15 is 0 Å². The second kappa shape index (κ2) is 46.7. The van der Waals surface area contributed by atoms with Crippen molar-refractivity contribution in [3.05, 3.63) is 59.7 Å². The molecule has 0 aromatic heterocycles. The molecule has 2 aromatic rings. The third-order valence-corrected chi connectivity index (χ3v) is 18.8. The fourth-order valence-electron chi connectivity index (χ4n) is 11.1. The number of hydrogen-bond acceptors (Lipinski definition) is 29. The lowest BCUT2D eigenvalue weighted by molar-refractivity contribution is -0.142. The first-order valence-corrected chi connectivity index (χ1v) is 35.2. The van der Waals surface area contributed by atoms with E-state index in [1.165, 1.54) is 11.8 Å². The Kier molecular flexibility index (Phi) is 40.8. The van der Waals surface area contributed by atoms with Crippen LogP contribution in [0.3, 0.4) is 0 Å². The summed E-state index contributed by atoms with van der Waals surface area (Å²) in [4.78, 5) is 162. The van der Waals surface area contributed by atoms with E-state index in [4.69, 9.17) is 5.11 Å². The minimum Gasteiger partial charge on any atom is -0.481 e. The van der Waals surface area contributed by atoms with E-state index < -0.39 is 309 Å². The number of aliphatic carboxylic acids is 3. The molecule has 0 bridgehead atoms. The van der Waals surface area contributed by atoms with Crippen LogP contribution in [0.25, 0.3) is 11.1 Å². The Morgan fingerprint density at radius 1 is 0.404 bits per heavy atom. The molecule has 104 heavy (non-hydrogen) atoms. The zero-order valence-corrected chi connectivity index (χ0v) is 58.4. The summed E-state index contributed by atoms with van der Waals surface area (Å²) in [6.45, 7) is -5.50. The lowest BCUT2D eigenvalue weighted by Gasteiger charge is -2.26. The Hall–Kier alpha value is -7.22. The molecule has 0 fully saturated rings. The number of carbonyl (C=O) groups is 12. The van der Waals surface area contributed by atoms with E-state index in [-0.39, 0.29) is 18.1 Å². The van der Waals surface area contributed by atoms with Crippen LogP contribution in [0.5, 0.6) is 0 Å². The standard InChI is InChI=1S/C66H98N6O30S2/c73-27-49(82)60(95)57(92)46(79)24-67-52(85)14-9-32(21-35(76)19-20-104-31-40-38-7-3-1-5-36(38)37-6-2-4-8-39(37)40)63(98)70-41(12-17-55(88)89)44(77)22-33(10-15-53(86)68-25-47(80)58(93)61(96)50(83)28-74)64(99)71-42(13-18-56(90)91)45(78)23-34(65(100)72-43(30-103)66(101)102)11-16-54(87)69-26-48(81)59(94)62(97)51(84)29-75/h1-8,32-34,40-43,46-51,57-62,73-75,79-84,92-97,103H,9-31H2,(H,67,85)(H,68,86)(H,69,87)(H,70,98)(H,71,99)(H,72,100)(H,88,89)(H,90,91)(H,101,102)/t32-,33-,34-,41+,42+,43?,46+,47+,48+,49-,50-,51-,57-,58-,59-,60-,61-,62-/m1/s1. The predicted octanol–water partition coefficient (Wildman–Crippen LogP) is -7.16. The van der Waals surface area contributed by atoms with Gasteiger partial charge in [0.15, 0.2) is 11.6 Å². The largest absolute Gasteiger partial charge is 0.481 e. The molecular weight excluding hydrogens is 1420 g/mol. The Morgan fingerprint density at radius 3 is 1.04 bits per heavy atom. The van der Waals surface area contributed by atoms with Crippen LogP contribution in [0.2, 0.25) is 0 Å². The second-order valence-corrected chi connectivity index (χ2v) is 26.7. The van der Waals surface area contributed by atoms with Gasteiger partial charge in [-0.2, -0.15) is 24.4 Å². The molecule has 24 N–H and O–H groups in total. The highest BCUT2D eigenvalue weighted by molar-refractivity contribution is 7.99. The van der Waals surface area contributed by atoms with Crippen LogP contribution in [-0.2, 0) is 57.5 Å². The van der Waals surface area contributed by atoms with Gasteiger partial charge in [0.2, 0.25) is 35.4 Å². The number of thioether (sulfide) groups is 1. The molecule has 0 heterocycles. The quantitative estimate of drug-likeness (QED) is 0.0216. The summed E-state index contributed by atoms with van der Waals surface area (Å²) < 4.78 is 0. The zero-order chi connectivity index (χ0) is 78.1. The Morgan fingerprint density at radius 2 is 0.721 bits per heavy atom. The number of carboxylic acids is 3. The first-order valence-electron chi connectivity index (χ1n) is 33.4. The average molecular weight is 1520 g/mol. The van der Waals surface area contributed by atoms with Crippen LogP contribution in [0.1, 0.15) is 107 Å². The molecule has 0 saturated heterocycles. The van der Waals surface area contributed by atoms with Crippen molar-refractivity contribution in [2.75, 3.05) is 56.7 Å². The van der Waals surface area contributed by atoms with Gasteiger partial charge in [-0.05, 0) is 54.4 Å². The minimum atomic E-state index is -2.17. The normalized spacial score (nSPS) is 17.2. The van der Waals surface area contributed by atoms with Crippen LogP contribution in [0, 0.1) is 17.8 Å². The predicted molar refractivity (Wildman–Crippen MR) is 366 cm³/mol. The first-order chi connectivity index (χ1) is 49.1. The van der Waals surface area contributed by atoms with Gasteiger partial charge in [-0.15, -0.1) is 0 Å². The van der Waals surface area contributed by atoms with Gasteiger partial charge in [0.25, 0.3) is 0 Å². The Labute approximate surface area is 606 Å². The molecule has 0 aliphatic heterocycles. The first kappa shape index (κ1) is 91.0. The number of rotatable bonds is 54. The summed E-state index contributed by atoms with van der Waals surface area (Å²) in [7, 11) is 0. The van der Waals surface area contributed by atoms with Gasteiger partial charge in [-0.3, -0.25) is 52.7 Å². The number of benzene rings is 2. The van der Waals surface area contributed by atoms with Crippen LogP contribution < -0.4 is 31.9 Å². The highest BCUT2D eigenvalue weighted by Crippen LogP contribution is 2.46. The number of nitrogens with one attached hydrogen (secondary N) is 6. The van der Waals surface area contributed by atoms with Crippen molar-refractivity contribution in [2.24, 2.45) is 17.8 Å². The van der Waals surface area contributed by atoms with E-state index in [1.54, 1.807) is 0 Å². The summed E-state index contributed by atoms with van der Waals surface area (Å²) in [5.74, 6) is -18.9. The van der Waals surface area contributed by atoms with Crippen LogP contribution >= 0.6 is 24.4 Å². The van der Waals surface area contributed by atoms with Crippen molar-refractivity contribution in [3.8, 4) is 11.1 Å². The van der Waals surface area contributed by atoms with E-state index in [0.29, 0.717) is 5.75 Å². The van der Waals surface area contributed by atoms with Crippen LogP contribution in [0.4, 0.5) is 0 Å². The molecule has 36 nitrogen and oxygen atoms in total. The number of amides is 6. The lowest BCUT2D eigenvalue weighted by atomic mass is 9.89. The Balaban J connectivity index is 2.03. The third-order valence-electron chi connectivity index (χ3n) is 17.4. The number of thiol groups is 1. The number of aliphatic hydroxyl groups excluding tert-OH is 15. The van der Waals surface area contributed by atoms with Gasteiger partial charge in [0, 0.05) is 118 Å². The van der Waals surface area contributed by atoms with Crippen molar-refractivity contribution < 1.29 is 149 Å². The third kappa shape index (κ3) is 30.3. The molecular formula is C66H98N6O30S2. The van der Waals surface area contributed by atoms with Crippen LogP contribution in [0.15, 0.2) is 48.5 Å². The minimum absolute atomic E-state index is 0.0316. The number of fused-ring (bicyclic) bond motifs is 3. The fourth-order valence-corrected chi connectivity index (χ4v) is 12.4. The topological polar surface area (TPSA) is 641 Å². The average Bonchev–Trinajstić information content (AvgIpc) is 1.62. The van der Waals surface area contributed by atoms with Gasteiger partial charge < -0.3 is 124 Å². The maximum Gasteiger partial charge on any atom is 0.327 e. The number of aliphatic hydroxyl groups is 15. The molecule has 0 saturated carbocycles. The van der Waals surface area contributed by atoms with Crippen molar-refractivity contribution in [3.63, 3.8) is 0 Å². The molecule has 6 amide bonds. The number of carbonyl (C=O) groups excluding carboxylic acids is 9. The van der Waals surface area contributed by atoms with E-state index in [2.05, 4.69) is 44.5 Å². The molecule has 1 aliphatic rings. The van der Waals surface area contributed by atoms with Gasteiger partial charge in [0.05, 0.1) is 50.2 Å². The second-order valence-electron chi connectivity index (χ2n) is 25.2. The Bertz CT molecular complexity index is 3110. The fraction of sp³-hybridized carbons (Fsp3) is 0.636. The zero-order valence-electron chi connectivity index (χ0n) is 56.7. The van der Waals surface area contributed by atoms with Crippen LogP contribution in [-0.4, -0.2) is 311 Å². The summed E-state index contributed by atoms with van der Waals surface area (Å²) in [5, 5.41) is 192. The molecule has 3 rings (SSSR count). The number of carboxylic acid groups (broad SMARTS) is 3. The molecule has 1 unspecified atom stereocenters. The van der Waals surface area contributed by atoms with Gasteiger partial charge in [-0.25, -0.2) is 4.79 Å². The molecule has 0 radical (unpaired) electrons. The van der Waals surface area contributed by atoms with E-state index in [0.717, 1.165) is 22.3 Å². The number of hydrogen-bond donors (Lipinski definition) is 25. The summed E-state index contributed by atoms with van der Waals surface area (Å²) >= 11 is 5.36. The van der Waals surface area contributed by atoms with E-state index in [9.17, 15) is 144 Å². The summed E-state index contributed by atoms with van der Waals surface area (Å²) in [5.41, 5.74) is 4.28. The van der Waals surface area contributed by atoms with Gasteiger partial charge >= 0.3 is 17.9 Å². The van der Waals surface area contributed by atoms with Crippen molar-refractivity contribution in [1.82, 2.24) is 31.9 Å². The molecule has 2 aromatic carbocycles. The molecule has 1 aliphatic carbocycles. The molecule has 18 atom stereocenters. The van der Waals surface area contributed by atoms with Gasteiger partial charge in [-0.1, -0.05) is 48.5 Å². The lowest BCUT2D eigenvalue weighted by Crippen LogP contribution is -2.50. The van der Waals surface area contributed by atoms with Crippen molar-refractivity contribution >= 4 is 95.1 Å².